The molecule has 2 N–H and O–H groups in total. The lowest BCUT2D eigenvalue weighted by Gasteiger charge is -2.19. The second-order valence-electron chi connectivity index (χ2n) is 15.4. The van der Waals surface area contributed by atoms with Crippen molar-refractivity contribution in [2.45, 2.75) is 220 Å². The monoisotopic (exact) mass is 671 g/mol. The molecule has 0 rings (SSSR count). The zero-order valence-electron chi connectivity index (χ0n) is 32.5. The van der Waals surface area contributed by atoms with Crippen LogP contribution >= 0.6 is 0 Å². The van der Waals surface area contributed by atoms with E-state index in [0.717, 1.165) is 24.7 Å². The van der Waals surface area contributed by atoms with E-state index in [1.165, 1.54) is 167 Å². The average Bonchev–Trinajstić information content (AvgIpc) is 3.05. The van der Waals surface area contributed by atoms with Crippen LogP contribution in [-0.2, 0) is 14.2 Å². The van der Waals surface area contributed by atoms with Crippen molar-refractivity contribution >= 4 is 0 Å². The van der Waals surface area contributed by atoms with Crippen molar-refractivity contribution < 1.29 is 24.4 Å². The van der Waals surface area contributed by atoms with Gasteiger partial charge in [-0.2, -0.15) is 0 Å². The molecule has 0 aliphatic carbocycles. The molecule has 0 amide bonds. The highest BCUT2D eigenvalue weighted by Gasteiger charge is 2.12. The summed E-state index contributed by atoms with van der Waals surface area (Å²) in [6, 6.07) is 0. The zero-order chi connectivity index (χ0) is 34.5. The maximum Gasteiger partial charge on any atom is 0.104 e. The van der Waals surface area contributed by atoms with Crippen LogP contribution in [0, 0.1) is 11.8 Å². The molecule has 284 valence electrons. The van der Waals surface area contributed by atoms with Crippen molar-refractivity contribution in [3.05, 3.63) is 0 Å². The number of hydrogen-bond donors (Lipinski definition) is 2. The van der Waals surface area contributed by atoms with Crippen molar-refractivity contribution in [2.75, 3.05) is 39.6 Å². The Bertz CT molecular complexity index is 521. The highest BCUT2D eigenvalue weighted by molar-refractivity contribution is 4.59. The number of ether oxygens (including phenoxy) is 3. The molecule has 0 aliphatic heterocycles. The van der Waals surface area contributed by atoms with Gasteiger partial charge in [0.05, 0.1) is 26.4 Å². The lowest BCUT2D eigenvalue weighted by atomic mass is 10.0. The highest BCUT2D eigenvalue weighted by atomic mass is 16.6. The number of aliphatic hydroxyl groups is 2. The van der Waals surface area contributed by atoms with Crippen LogP contribution in [0.3, 0.4) is 0 Å². The summed E-state index contributed by atoms with van der Waals surface area (Å²) in [7, 11) is 0. The number of rotatable bonds is 40. The Morgan fingerprint density at radius 3 is 0.809 bits per heavy atom. The van der Waals surface area contributed by atoms with Crippen LogP contribution in [0.25, 0.3) is 0 Å². The zero-order valence-corrected chi connectivity index (χ0v) is 32.5. The second-order valence-corrected chi connectivity index (χ2v) is 15.4. The second kappa shape index (κ2) is 38.6. The van der Waals surface area contributed by atoms with Crippen molar-refractivity contribution in [1.82, 2.24) is 0 Å². The Morgan fingerprint density at radius 2 is 0.574 bits per heavy atom. The molecule has 2 atom stereocenters. The molecule has 2 unspecified atom stereocenters. The van der Waals surface area contributed by atoms with Gasteiger partial charge in [-0.1, -0.05) is 195 Å². The molecule has 0 saturated heterocycles. The predicted molar refractivity (Wildman–Crippen MR) is 203 cm³/mol. The maximum absolute atomic E-state index is 9.66. The van der Waals surface area contributed by atoms with E-state index in [2.05, 4.69) is 27.7 Å². The van der Waals surface area contributed by atoms with Crippen molar-refractivity contribution in [2.24, 2.45) is 11.8 Å². The summed E-state index contributed by atoms with van der Waals surface area (Å²) >= 11 is 0. The third-order valence-corrected chi connectivity index (χ3v) is 9.57. The quantitative estimate of drug-likeness (QED) is 0.0635. The van der Waals surface area contributed by atoms with Gasteiger partial charge in [-0.15, -0.1) is 0 Å². The number of aliphatic hydroxyl groups excluding tert-OH is 2. The van der Waals surface area contributed by atoms with E-state index in [4.69, 9.17) is 14.2 Å². The number of hydrogen-bond acceptors (Lipinski definition) is 5. The molecule has 0 aromatic carbocycles. The van der Waals surface area contributed by atoms with E-state index in [0.29, 0.717) is 26.4 Å². The standard InChI is InChI=1S/C42H86O5/c1-39(2)31-27-23-19-15-11-7-5-9-13-17-21-25-29-33-46-41(35-43)37-45-38-42(36-44)47-34-30-26-22-18-14-10-6-8-12-16-20-24-28-32-40(3)4/h39-44H,5-38H2,1-4H3. The van der Waals surface area contributed by atoms with Crippen LogP contribution in [0.2, 0.25) is 0 Å². The lowest BCUT2D eigenvalue weighted by Crippen LogP contribution is -2.30. The van der Waals surface area contributed by atoms with Gasteiger partial charge in [-0.3, -0.25) is 0 Å². The molecule has 0 aromatic rings. The molecule has 0 fully saturated rings. The molecule has 0 aromatic heterocycles. The van der Waals surface area contributed by atoms with E-state index in [1.807, 2.05) is 0 Å². The Balaban J connectivity index is 3.46. The summed E-state index contributed by atoms with van der Waals surface area (Å²) in [6.45, 7) is 11.2. The Hall–Kier alpha value is -0.200. The van der Waals surface area contributed by atoms with Gasteiger partial charge in [-0.05, 0) is 24.7 Å². The summed E-state index contributed by atoms with van der Waals surface area (Å²) in [6.07, 6.45) is 37.1. The molecule has 0 saturated carbocycles. The molecule has 0 spiro atoms. The molecule has 0 bridgehead atoms. The van der Waals surface area contributed by atoms with Gasteiger partial charge in [0, 0.05) is 13.2 Å². The van der Waals surface area contributed by atoms with E-state index in [-0.39, 0.29) is 25.4 Å². The smallest absolute Gasteiger partial charge is 0.104 e. The minimum atomic E-state index is -0.302. The topological polar surface area (TPSA) is 68.2 Å². The highest BCUT2D eigenvalue weighted by Crippen LogP contribution is 2.16. The van der Waals surface area contributed by atoms with Crippen LogP contribution in [-0.4, -0.2) is 62.1 Å². The van der Waals surface area contributed by atoms with Gasteiger partial charge in [-0.25, -0.2) is 0 Å². The summed E-state index contributed by atoms with van der Waals surface area (Å²) in [5, 5.41) is 19.3. The first kappa shape index (κ1) is 46.8. The van der Waals surface area contributed by atoms with Gasteiger partial charge in [0.2, 0.25) is 0 Å². The van der Waals surface area contributed by atoms with E-state index >= 15 is 0 Å². The van der Waals surface area contributed by atoms with Gasteiger partial charge < -0.3 is 24.4 Å². The first-order valence-electron chi connectivity index (χ1n) is 21.0. The first-order valence-corrected chi connectivity index (χ1v) is 21.0. The van der Waals surface area contributed by atoms with E-state index in [9.17, 15) is 10.2 Å². The third-order valence-electron chi connectivity index (χ3n) is 9.57. The van der Waals surface area contributed by atoms with Gasteiger partial charge in [0.1, 0.15) is 12.2 Å². The van der Waals surface area contributed by atoms with Gasteiger partial charge >= 0.3 is 0 Å². The SMILES string of the molecule is CC(C)CCCCCCCCCCCCCCCOC(CO)COCC(CO)OCCCCCCCCCCCCCCCC(C)C. The van der Waals surface area contributed by atoms with Crippen molar-refractivity contribution in [1.29, 1.82) is 0 Å². The molecule has 47 heavy (non-hydrogen) atoms. The molecule has 0 radical (unpaired) electrons. The van der Waals surface area contributed by atoms with Crippen molar-refractivity contribution in [3.63, 3.8) is 0 Å². The normalized spacial score (nSPS) is 13.3. The average molecular weight is 671 g/mol. The summed E-state index contributed by atoms with van der Waals surface area (Å²) in [5.41, 5.74) is 0. The van der Waals surface area contributed by atoms with Crippen LogP contribution in [0.5, 0.6) is 0 Å². The van der Waals surface area contributed by atoms with Crippen LogP contribution in [0.15, 0.2) is 0 Å². The molecule has 5 heteroatoms. The van der Waals surface area contributed by atoms with E-state index < -0.39 is 0 Å². The predicted octanol–water partition coefficient (Wildman–Crippen LogP) is 12.0. The van der Waals surface area contributed by atoms with Gasteiger partial charge in [0.15, 0.2) is 0 Å². The molecule has 0 heterocycles. The van der Waals surface area contributed by atoms with Crippen LogP contribution in [0.1, 0.15) is 207 Å². The first-order chi connectivity index (χ1) is 23.0. The molecule has 0 aliphatic rings. The van der Waals surface area contributed by atoms with Crippen LogP contribution in [0.4, 0.5) is 0 Å². The third kappa shape index (κ3) is 38.5. The fourth-order valence-corrected chi connectivity index (χ4v) is 6.34. The molecular formula is C42H86O5. The van der Waals surface area contributed by atoms with Crippen LogP contribution < -0.4 is 0 Å². The van der Waals surface area contributed by atoms with E-state index in [1.54, 1.807) is 0 Å². The Morgan fingerprint density at radius 1 is 0.340 bits per heavy atom. The maximum atomic E-state index is 9.66. The van der Waals surface area contributed by atoms with Gasteiger partial charge in [0.25, 0.3) is 0 Å². The molecular weight excluding hydrogens is 584 g/mol. The summed E-state index contributed by atoms with van der Waals surface area (Å²) in [4.78, 5) is 0. The number of unbranched alkanes of at least 4 members (excludes halogenated alkanes) is 24. The summed E-state index contributed by atoms with van der Waals surface area (Å²) < 4.78 is 17.4. The fraction of sp³-hybridized carbons (Fsp3) is 1.00. The minimum absolute atomic E-state index is 0.0405. The lowest BCUT2D eigenvalue weighted by molar-refractivity contribution is -0.0814. The largest absolute Gasteiger partial charge is 0.394 e. The van der Waals surface area contributed by atoms with Crippen molar-refractivity contribution in [3.8, 4) is 0 Å². The minimum Gasteiger partial charge on any atom is -0.394 e. The fourth-order valence-electron chi connectivity index (χ4n) is 6.34. The Labute approximate surface area is 295 Å². The Kier molecular flexibility index (Phi) is 38.4. The molecule has 5 nitrogen and oxygen atoms in total. The summed E-state index contributed by atoms with van der Waals surface area (Å²) in [5.74, 6) is 1.72.